The predicted octanol–water partition coefficient (Wildman–Crippen LogP) is 1.00. The maximum atomic E-state index is 10.3. The fourth-order valence-corrected chi connectivity index (χ4v) is 0.552. The zero-order valence-electron chi connectivity index (χ0n) is 7.16. The number of aliphatic carboxylic acids is 1. The summed E-state index contributed by atoms with van der Waals surface area (Å²) in [5, 5.41) is 8.49. The van der Waals surface area contributed by atoms with E-state index in [0.29, 0.717) is 5.57 Å². The summed E-state index contributed by atoms with van der Waals surface area (Å²) in [4.78, 5) is 10.3. The number of carboxylic acid groups (broad SMARTS) is 1. The minimum atomic E-state index is -0.902. The van der Waals surface area contributed by atoms with Crippen LogP contribution in [0, 0.1) is 5.92 Å². The molecular weight excluding hydrogens is 142 g/mol. The van der Waals surface area contributed by atoms with Gasteiger partial charge in [-0.25, -0.2) is 4.79 Å². The highest BCUT2D eigenvalue weighted by Crippen LogP contribution is 2.03. The lowest BCUT2D eigenvalue weighted by Gasteiger charge is -2.10. The van der Waals surface area contributed by atoms with Crippen molar-refractivity contribution in [1.82, 2.24) is 0 Å². The fraction of sp³-hybridized carbons (Fsp3) is 0.625. The molecule has 0 spiro atoms. The topological polar surface area (TPSA) is 63.3 Å². The van der Waals surface area contributed by atoms with Gasteiger partial charge in [0.25, 0.3) is 0 Å². The molecule has 64 valence electrons. The van der Waals surface area contributed by atoms with Crippen molar-refractivity contribution < 1.29 is 9.90 Å². The highest BCUT2D eigenvalue weighted by Gasteiger charge is 2.06. The highest BCUT2D eigenvalue weighted by atomic mass is 16.4. The van der Waals surface area contributed by atoms with E-state index in [0.717, 1.165) is 0 Å². The van der Waals surface area contributed by atoms with Crippen LogP contribution < -0.4 is 5.73 Å². The van der Waals surface area contributed by atoms with Crippen LogP contribution >= 0.6 is 0 Å². The van der Waals surface area contributed by atoms with Gasteiger partial charge in [-0.05, 0) is 12.8 Å². The molecule has 0 aliphatic carbocycles. The molecule has 3 N–H and O–H groups in total. The fourth-order valence-electron chi connectivity index (χ4n) is 0.552. The summed E-state index contributed by atoms with van der Waals surface area (Å²) in [5.41, 5.74) is 5.93. The second-order valence-electron chi connectivity index (χ2n) is 2.98. The smallest absolute Gasteiger partial charge is 0.331 e. The van der Waals surface area contributed by atoms with Gasteiger partial charge >= 0.3 is 5.97 Å². The third-order valence-corrected chi connectivity index (χ3v) is 1.55. The molecule has 0 aliphatic heterocycles. The van der Waals surface area contributed by atoms with Gasteiger partial charge in [0.1, 0.15) is 0 Å². The van der Waals surface area contributed by atoms with Gasteiger partial charge in [-0.2, -0.15) is 0 Å². The summed E-state index contributed by atoms with van der Waals surface area (Å²) >= 11 is 0. The van der Waals surface area contributed by atoms with E-state index < -0.39 is 5.97 Å². The predicted molar refractivity (Wildman–Crippen MR) is 44.2 cm³/mol. The Hall–Kier alpha value is -0.830. The molecule has 0 bridgehead atoms. The second-order valence-corrected chi connectivity index (χ2v) is 2.98. The Balaban J connectivity index is 4.19. The standard InChI is InChI=1S/C8H15NO2/c1-5(2)7(9)4-6(3)8(10)11/h4-5,7H,9H2,1-3H3,(H,10,11)/b6-4+. The molecule has 0 amide bonds. The van der Waals surface area contributed by atoms with Crippen LogP contribution in [-0.4, -0.2) is 17.1 Å². The molecular formula is C8H15NO2. The molecule has 0 aliphatic rings. The maximum Gasteiger partial charge on any atom is 0.331 e. The van der Waals surface area contributed by atoms with Crippen LogP contribution in [0.5, 0.6) is 0 Å². The lowest BCUT2D eigenvalue weighted by atomic mass is 10.0. The Bertz CT molecular complexity index is 173. The molecule has 0 aromatic heterocycles. The van der Waals surface area contributed by atoms with E-state index in [4.69, 9.17) is 10.8 Å². The van der Waals surface area contributed by atoms with Crippen LogP contribution in [0.3, 0.4) is 0 Å². The molecule has 11 heavy (non-hydrogen) atoms. The van der Waals surface area contributed by atoms with Gasteiger partial charge in [-0.1, -0.05) is 19.9 Å². The zero-order chi connectivity index (χ0) is 9.02. The molecule has 0 rings (SSSR count). The number of hydrogen-bond donors (Lipinski definition) is 2. The van der Waals surface area contributed by atoms with E-state index in [-0.39, 0.29) is 12.0 Å². The molecule has 3 nitrogen and oxygen atoms in total. The molecule has 0 heterocycles. The minimum Gasteiger partial charge on any atom is -0.478 e. The third kappa shape index (κ3) is 3.78. The molecule has 0 radical (unpaired) electrons. The van der Waals surface area contributed by atoms with Crippen molar-refractivity contribution in [3.8, 4) is 0 Å². The van der Waals surface area contributed by atoms with Gasteiger partial charge in [0, 0.05) is 11.6 Å². The van der Waals surface area contributed by atoms with E-state index in [1.165, 1.54) is 0 Å². The van der Waals surface area contributed by atoms with Crippen LogP contribution in [0.1, 0.15) is 20.8 Å². The van der Waals surface area contributed by atoms with E-state index in [1.807, 2.05) is 13.8 Å². The van der Waals surface area contributed by atoms with Gasteiger partial charge in [-0.15, -0.1) is 0 Å². The van der Waals surface area contributed by atoms with Crippen molar-refractivity contribution in [1.29, 1.82) is 0 Å². The first-order valence-electron chi connectivity index (χ1n) is 3.62. The largest absolute Gasteiger partial charge is 0.478 e. The first kappa shape index (κ1) is 10.2. The van der Waals surface area contributed by atoms with Crippen LogP contribution in [0.25, 0.3) is 0 Å². The Kier molecular flexibility index (Phi) is 3.82. The average Bonchev–Trinajstić information content (AvgIpc) is 1.87. The molecule has 1 unspecified atom stereocenters. The first-order chi connectivity index (χ1) is 4.95. The SMILES string of the molecule is C/C(=C\C(N)C(C)C)C(=O)O. The lowest BCUT2D eigenvalue weighted by molar-refractivity contribution is -0.132. The summed E-state index contributed by atoms with van der Waals surface area (Å²) in [6.07, 6.45) is 1.58. The summed E-state index contributed by atoms with van der Waals surface area (Å²) in [7, 11) is 0. The van der Waals surface area contributed by atoms with Crippen molar-refractivity contribution in [2.45, 2.75) is 26.8 Å². The monoisotopic (exact) mass is 157 g/mol. The number of carboxylic acids is 1. The van der Waals surface area contributed by atoms with Crippen LogP contribution in [0.2, 0.25) is 0 Å². The quantitative estimate of drug-likeness (QED) is 0.601. The molecule has 0 saturated carbocycles. The van der Waals surface area contributed by atoms with Crippen molar-refractivity contribution in [3.05, 3.63) is 11.6 Å². The Morgan fingerprint density at radius 3 is 2.27 bits per heavy atom. The van der Waals surface area contributed by atoms with Crippen molar-refractivity contribution >= 4 is 5.97 Å². The number of hydrogen-bond acceptors (Lipinski definition) is 2. The maximum absolute atomic E-state index is 10.3. The van der Waals surface area contributed by atoms with Crippen LogP contribution in [0.4, 0.5) is 0 Å². The Morgan fingerprint density at radius 2 is 2.00 bits per heavy atom. The van der Waals surface area contributed by atoms with Gasteiger partial charge < -0.3 is 10.8 Å². The van der Waals surface area contributed by atoms with E-state index in [2.05, 4.69) is 0 Å². The van der Waals surface area contributed by atoms with Crippen LogP contribution in [-0.2, 0) is 4.79 Å². The van der Waals surface area contributed by atoms with Crippen molar-refractivity contribution in [3.63, 3.8) is 0 Å². The Morgan fingerprint density at radius 1 is 1.55 bits per heavy atom. The van der Waals surface area contributed by atoms with Gasteiger partial charge in [0.2, 0.25) is 0 Å². The summed E-state index contributed by atoms with van der Waals surface area (Å²) in [6.45, 7) is 5.46. The number of carbonyl (C=O) groups is 1. The first-order valence-corrected chi connectivity index (χ1v) is 3.62. The van der Waals surface area contributed by atoms with E-state index in [1.54, 1.807) is 13.0 Å². The van der Waals surface area contributed by atoms with Gasteiger partial charge in [-0.3, -0.25) is 0 Å². The number of rotatable bonds is 3. The third-order valence-electron chi connectivity index (χ3n) is 1.55. The van der Waals surface area contributed by atoms with Crippen molar-refractivity contribution in [2.24, 2.45) is 11.7 Å². The molecule has 3 heteroatoms. The summed E-state index contributed by atoms with van der Waals surface area (Å²) in [6, 6.07) is -0.161. The zero-order valence-corrected chi connectivity index (χ0v) is 7.16. The summed E-state index contributed by atoms with van der Waals surface area (Å²) < 4.78 is 0. The van der Waals surface area contributed by atoms with Crippen molar-refractivity contribution in [2.75, 3.05) is 0 Å². The average molecular weight is 157 g/mol. The molecule has 0 aromatic rings. The lowest BCUT2D eigenvalue weighted by Crippen LogP contribution is -2.24. The minimum absolute atomic E-state index is 0.161. The molecule has 0 aromatic carbocycles. The van der Waals surface area contributed by atoms with Gasteiger partial charge in [0.05, 0.1) is 0 Å². The van der Waals surface area contributed by atoms with Crippen LogP contribution in [0.15, 0.2) is 11.6 Å². The normalized spacial score (nSPS) is 15.2. The van der Waals surface area contributed by atoms with Gasteiger partial charge in [0.15, 0.2) is 0 Å². The van der Waals surface area contributed by atoms with E-state index in [9.17, 15) is 4.79 Å². The van der Waals surface area contributed by atoms with E-state index >= 15 is 0 Å². The summed E-state index contributed by atoms with van der Waals surface area (Å²) in [5.74, 6) is -0.620. The Labute approximate surface area is 66.9 Å². The highest BCUT2D eigenvalue weighted by molar-refractivity contribution is 5.85. The molecule has 0 saturated heterocycles. The second kappa shape index (κ2) is 4.13. The molecule has 0 fully saturated rings. The number of nitrogens with two attached hydrogens (primary N) is 1. The molecule has 1 atom stereocenters.